The molecule has 0 atom stereocenters. The molecule has 0 unspecified atom stereocenters. The first kappa shape index (κ1) is 23.8. The summed E-state index contributed by atoms with van der Waals surface area (Å²) < 4.78 is 60.6. The molecule has 1 saturated heterocycles. The Morgan fingerprint density at radius 3 is 2.35 bits per heavy atom. The van der Waals surface area contributed by atoms with E-state index in [1.165, 1.54) is 37.3 Å². The SMILES string of the molecule is Cc1c(S(=O)(=O)O)ncc(C(=O)N2CCC(c3ccc(F)cc3)CC2)c1Nc1ccccc1F. The van der Waals surface area contributed by atoms with E-state index < -0.39 is 26.9 Å². The van der Waals surface area contributed by atoms with E-state index >= 15 is 0 Å². The summed E-state index contributed by atoms with van der Waals surface area (Å²) in [5, 5.41) is 2.19. The number of nitrogens with one attached hydrogen (secondary N) is 1. The topological polar surface area (TPSA) is 99.6 Å². The van der Waals surface area contributed by atoms with Crippen molar-refractivity contribution in [2.75, 3.05) is 18.4 Å². The van der Waals surface area contributed by atoms with Crippen molar-refractivity contribution in [1.82, 2.24) is 9.88 Å². The van der Waals surface area contributed by atoms with E-state index in [9.17, 15) is 26.5 Å². The van der Waals surface area contributed by atoms with E-state index in [0.717, 1.165) is 11.8 Å². The van der Waals surface area contributed by atoms with Crippen molar-refractivity contribution in [2.24, 2.45) is 0 Å². The summed E-state index contributed by atoms with van der Waals surface area (Å²) in [6.45, 7) is 2.25. The van der Waals surface area contributed by atoms with Gasteiger partial charge in [0.1, 0.15) is 11.6 Å². The predicted octanol–water partition coefficient (Wildman–Crippen LogP) is 4.68. The number of pyridine rings is 1. The number of hydrogen-bond donors (Lipinski definition) is 2. The maximum absolute atomic E-state index is 14.3. The van der Waals surface area contributed by atoms with Gasteiger partial charge in [-0.1, -0.05) is 24.3 Å². The molecule has 2 N–H and O–H groups in total. The van der Waals surface area contributed by atoms with E-state index in [0.29, 0.717) is 25.9 Å². The van der Waals surface area contributed by atoms with Gasteiger partial charge in [-0.3, -0.25) is 9.35 Å². The Morgan fingerprint density at radius 2 is 1.74 bits per heavy atom. The molecule has 10 heteroatoms. The number of carbonyl (C=O) groups is 1. The predicted molar refractivity (Wildman–Crippen MR) is 123 cm³/mol. The fraction of sp³-hybridized carbons (Fsp3) is 0.250. The Hall–Kier alpha value is -3.37. The highest BCUT2D eigenvalue weighted by Gasteiger charge is 2.29. The lowest BCUT2D eigenvalue weighted by atomic mass is 9.89. The zero-order chi connectivity index (χ0) is 24.5. The van der Waals surface area contributed by atoms with Crippen molar-refractivity contribution >= 4 is 27.4 Å². The van der Waals surface area contributed by atoms with Crippen LogP contribution in [0.15, 0.2) is 59.8 Å². The number of nitrogens with zero attached hydrogens (tertiary/aromatic N) is 2. The summed E-state index contributed by atoms with van der Waals surface area (Å²) in [5.41, 5.74) is 1.16. The minimum atomic E-state index is -4.66. The van der Waals surface area contributed by atoms with Crippen LogP contribution in [-0.4, -0.2) is 41.9 Å². The van der Waals surface area contributed by atoms with E-state index in [4.69, 9.17) is 0 Å². The smallest absolute Gasteiger partial charge is 0.312 e. The quantitative estimate of drug-likeness (QED) is 0.507. The molecule has 7 nitrogen and oxygen atoms in total. The van der Waals surface area contributed by atoms with Crippen LogP contribution in [0.4, 0.5) is 20.2 Å². The molecule has 1 aliphatic rings. The lowest BCUT2D eigenvalue weighted by Gasteiger charge is -2.33. The first-order valence-corrected chi connectivity index (χ1v) is 12.1. The number of carbonyl (C=O) groups excluding carboxylic acids is 1. The number of benzene rings is 2. The van der Waals surface area contributed by atoms with Crippen molar-refractivity contribution in [3.05, 3.63) is 83.1 Å². The Labute approximate surface area is 196 Å². The van der Waals surface area contributed by atoms with Gasteiger partial charge in [-0.25, -0.2) is 13.8 Å². The van der Waals surface area contributed by atoms with Crippen LogP contribution in [0.3, 0.4) is 0 Å². The highest BCUT2D eigenvalue weighted by Crippen LogP contribution is 2.33. The Morgan fingerprint density at radius 1 is 1.09 bits per heavy atom. The molecule has 0 saturated carbocycles. The highest BCUT2D eigenvalue weighted by atomic mass is 32.2. The highest BCUT2D eigenvalue weighted by molar-refractivity contribution is 7.85. The van der Waals surface area contributed by atoms with Crippen LogP contribution in [0.1, 0.15) is 40.2 Å². The molecule has 1 aromatic heterocycles. The summed E-state index contributed by atoms with van der Waals surface area (Å²) in [6.07, 6.45) is 2.42. The Balaban J connectivity index is 1.63. The second-order valence-electron chi connectivity index (χ2n) is 8.17. The molecule has 2 heterocycles. The molecule has 3 aromatic rings. The summed E-state index contributed by atoms with van der Waals surface area (Å²) in [4.78, 5) is 18.8. The molecule has 4 rings (SSSR count). The van der Waals surface area contributed by atoms with Crippen molar-refractivity contribution < 1.29 is 26.5 Å². The van der Waals surface area contributed by atoms with E-state index in [1.807, 2.05) is 0 Å². The number of rotatable bonds is 5. The molecule has 34 heavy (non-hydrogen) atoms. The van der Waals surface area contributed by atoms with Crippen LogP contribution in [0.25, 0.3) is 0 Å². The second-order valence-corrected chi connectivity index (χ2v) is 9.51. The van der Waals surface area contributed by atoms with Crippen molar-refractivity contribution in [2.45, 2.75) is 30.7 Å². The summed E-state index contributed by atoms with van der Waals surface area (Å²) in [6, 6.07) is 12.1. The van der Waals surface area contributed by atoms with Crippen molar-refractivity contribution in [3.8, 4) is 0 Å². The fourth-order valence-electron chi connectivity index (χ4n) is 4.20. The molecular weight excluding hydrogens is 464 g/mol. The average Bonchev–Trinajstić information content (AvgIpc) is 2.81. The second kappa shape index (κ2) is 9.47. The molecule has 1 aliphatic heterocycles. The number of halogens is 2. The Kier molecular flexibility index (Phi) is 6.63. The lowest BCUT2D eigenvalue weighted by molar-refractivity contribution is 0.0713. The normalized spacial score (nSPS) is 14.8. The summed E-state index contributed by atoms with van der Waals surface area (Å²) in [5.74, 6) is -1.11. The number of hydrogen-bond acceptors (Lipinski definition) is 5. The van der Waals surface area contributed by atoms with Gasteiger partial charge in [-0.15, -0.1) is 0 Å². The molecule has 0 aliphatic carbocycles. The minimum absolute atomic E-state index is 0.00204. The monoisotopic (exact) mass is 487 g/mol. The largest absolute Gasteiger partial charge is 0.352 e. The van der Waals surface area contributed by atoms with Crippen LogP contribution in [-0.2, 0) is 10.1 Å². The van der Waals surface area contributed by atoms with Gasteiger partial charge < -0.3 is 10.2 Å². The third-order valence-corrected chi connectivity index (χ3v) is 6.91. The number of likely N-dealkylation sites (tertiary alicyclic amines) is 1. The fourth-order valence-corrected chi connectivity index (χ4v) is 4.87. The zero-order valence-corrected chi connectivity index (χ0v) is 19.1. The maximum atomic E-state index is 14.3. The number of aromatic nitrogens is 1. The van der Waals surface area contributed by atoms with Gasteiger partial charge in [-0.2, -0.15) is 8.42 Å². The van der Waals surface area contributed by atoms with Gasteiger partial charge in [0.25, 0.3) is 5.91 Å². The summed E-state index contributed by atoms with van der Waals surface area (Å²) >= 11 is 0. The third kappa shape index (κ3) is 4.92. The molecular formula is C24H23F2N3O4S. The average molecular weight is 488 g/mol. The van der Waals surface area contributed by atoms with Gasteiger partial charge in [0.15, 0.2) is 5.03 Å². The number of amides is 1. The number of para-hydroxylation sites is 1. The van der Waals surface area contributed by atoms with E-state index in [-0.39, 0.29) is 34.2 Å². The third-order valence-electron chi connectivity index (χ3n) is 6.01. The van der Waals surface area contributed by atoms with Crippen LogP contribution in [0.2, 0.25) is 0 Å². The lowest BCUT2D eigenvalue weighted by Crippen LogP contribution is -2.38. The zero-order valence-electron chi connectivity index (χ0n) is 18.3. The molecule has 1 fully saturated rings. The molecule has 178 valence electrons. The molecule has 2 aromatic carbocycles. The maximum Gasteiger partial charge on any atom is 0.312 e. The summed E-state index contributed by atoms with van der Waals surface area (Å²) in [7, 11) is -4.66. The van der Waals surface area contributed by atoms with Crippen LogP contribution < -0.4 is 5.32 Å². The van der Waals surface area contributed by atoms with Crippen molar-refractivity contribution in [1.29, 1.82) is 0 Å². The van der Waals surface area contributed by atoms with E-state index in [1.54, 1.807) is 23.1 Å². The van der Waals surface area contributed by atoms with Gasteiger partial charge >= 0.3 is 10.1 Å². The van der Waals surface area contributed by atoms with E-state index in [2.05, 4.69) is 10.3 Å². The molecule has 0 radical (unpaired) electrons. The van der Waals surface area contributed by atoms with Gasteiger partial charge in [0.2, 0.25) is 0 Å². The number of anilines is 2. The Bertz CT molecular complexity index is 1320. The first-order valence-electron chi connectivity index (χ1n) is 10.7. The standard InChI is InChI=1S/C24H23F2N3O4S/c1-15-22(28-21-5-3-2-4-20(21)26)19(14-27-23(15)34(31,32)33)24(30)29-12-10-17(11-13-29)16-6-8-18(25)9-7-16/h2-9,14,17H,10-13H2,1H3,(H,27,28)(H,31,32,33). The first-order chi connectivity index (χ1) is 16.1. The van der Waals surface area contributed by atoms with Gasteiger partial charge in [0, 0.05) is 24.8 Å². The minimum Gasteiger partial charge on any atom is -0.352 e. The van der Waals surface area contributed by atoms with Gasteiger partial charge in [-0.05, 0) is 55.5 Å². The molecule has 0 bridgehead atoms. The molecule has 1 amide bonds. The van der Waals surface area contributed by atoms with Gasteiger partial charge in [0.05, 0.1) is 16.9 Å². The van der Waals surface area contributed by atoms with Crippen molar-refractivity contribution in [3.63, 3.8) is 0 Å². The van der Waals surface area contributed by atoms with Crippen LogP contribution >= 0.6 is 0 Å². The number of piperidine rings is 1. The molecule has 0 spiro atoms. The van der Waals surface area contributed by atoms with Crippen LogP contribution in [0, 0.1) is 18.6 Å². The van der Waals surface area contributed by atoms with Crippen LogP contribution in [0.5, 0.6) is 0 Å².